The molecule has 35 heavy (non-hydrogen) atoms. The highest BCUT2D eigenvalue weighted by molar-refractivity contribution is 5.97. The topological polar surface area (TPSA) is 108 Å². The normalized spacial score (nSPS) is 11.0. The number of aromatic nitrogens is 5. The molecule has 0 saturated heterocycles. The highest BCUT2D eigenvalue weighted by Gasteiger charge is 2.24. The molecule has 0 atom stereocenters. The van der Waals surface area contributed by atoms with Gasteiger partial charge < -0.3 is 4.57 Å². The third kappa shape index (κ3) is 3.73. The lowest BCUT2D eigenvalue weighted by atomic mass is 10.1. The van der Waals surface area contributed by atoms with Crippen LogP contribution in [-0.4, -0.2) is 29.5 Å². The molecule has 3 aromatic heterocycles. The van der Waals surface area contributed by atoms with Crippen molar-refractivity contribution in [2.75, 3.05) is 0 Å². The number of hydrogen-bond donors (Lipinski definition) is 0. The quantitative estimate of drug-likeness (QED) is 0.417. The van der Waals surface area contributed by atoms with Crippen LogP contribution in [0.3, 0.4) is 0 Å². The van der Waals surface area contributed by atoms with Crippen LogP contribution in [0, 0.1) is 45.9 Å². The molecule has 0 amide bonds. The lowest BCUT2D eigenvalue weighted by Gasteiger charge is -2.10. The van der Waals surface area contributed by atoms with Crippen LogP contribution in [0.25, 0.3) is 11.4 Å². The standard InChI is InChI=1S/C26H26N6O3/c1-15-12-21(23(33)14-30-25(34)22(13-27)16(2)17(3)28-30)18(4)31(15)24-19(5)29(6)32(26(24)35)20-10-8-7-9-11-20/h7-12H,14H2,1-6H3. The van der Waals surface area contributed by atoms with Gasteiger partial charge in [-0.2, -0.15) is 10.4 Å². The summed E-state index contributed by atoms with van der Waals surface area (Å²) in [5.41, 5.74) is 3.84. The molecular formula is C26H26N6O3. The maximum atomic E-state index is 13.5. The molecule has 0 aliphatic rings. The first-order valence-electron chi connectivity index (χ1n) is 11.1. The molecule has 0 fully saturated rings. The molecule has 0 aliphatic carbocycles. The zero-order valence-electron chi connectivity index (χ0n) is 20.6. The predicted octanol–water partition coefficient (Wildman–Crippen LogP) is 2.82. The molecule has 4 rings (SSSR count). The van der Waals surface area contributed by atoms with Crippen molar-refractivity contribution in [1.82, 2.24) is 23.7 Å². The summed E-state index contributed by atoms with van der Waals surface area (Å²) < 4.78 is 6.19. The third-order valence-corrected chi connectivity index (χ3v) is 6.52. The van der Waals surface area contributed by atoms with E-state index < -0.39 is 5.56 Å². The smallest absolute Gasteiger partial charge is 0.295 e. The van der Waals surface area contributed by atoms with Crippen LogP contribution in [0.15, 0.2) is 46.0 Å². The Morgan fingerprint density at radius 3 is 2.29 bits per heavy atom. The molecular weight excluding hydrogens is 444 g/mol. The molecule has 9 nitrogen and oxygen atoms in total. The van der Waals surface area contributed by atoms with Gasteiger partial charge in [-0.15, -0.1) is 0 Å². The van der Waals surface area contributed by atoms with Crippen LogP contribution in [0.1, 0.15) is 44.3 Å². The minimum Gasteiger partial charge on any atom is -0.311 e. The van der Waals surface area contributed by atoms with Crippen LogP contribution in [0.2, 0.25) is 0 Å². The van der Waals surface area contributed by atoms with Crippen molar-refractivity contribution < 1.29 is 4.79 Å². The lowest BCUT2D eigenvalue weighted by molar-refractivity contribution is 0.0965. The molecule has 1 aromatic carbocycles. The Morgan fingerprint density at radius 1 is 1.00 bits per heavy atom. The number of rotatable bonds is 5. The number of nitrogens with zero attached hydrogens (tertiary/aromatic N) is 6. The summed E-state index contributed by atoms with van der Waals surface area (Å²) in [7, 11) is 1.82. The van der Waals surface area contributed by atoms with E-state index in [0.29, 0.717) is 28.2 Å². The molecule has 0 bridgehead atoms. The van der Waals surface area contributed by atoms with Crippen molar-refractivity contribution in [3.8, 4) is 17.4 Å². The van der Waals surface area contributed by atoms with Crippen molar-refractivity contribution in [3.63, 3.8) is 0 Å². The van der Waals surface area contributed by atoms with E-state index in [2.05, 4.69) is 5.10 Å². The molecule has 0 saturated carbocycles. The summed E-state index contributed by atoms with van der Waals surface area (Å²) in [6.45, 7) is 8.51. The fraction of sp³-hybridized carbons (Fsp3) is 0.269. The van der Waals surface area contributed by atoms with Crippen LogP contribution < -0.4 is 11.1 Å². The first-order chi connectivity index (χ1) is 16.6. The Bertz CT molecular complexity index is 1640. The van der Waals surface area contributed by atoms with E-state index in [9.17, 15) is 19.6 Å². The minimum absolute atomic E-state index is 0.0165. The van der Waals surface area contributed by atoms with Gasteiger partial charge >= 0.3 is 0 Å². The minimum atomic E-state index is -0.595. The SMILES string of the molecule is Cc1nn(CC(=O)c2cc(C)n(-c3c(C)n(C)n(-c4ccccc4)c3=O)c2C)c(=O)c(C#N)c1C. The van der Waals surface area contributed by atoms with E-state index in [4.69, 9.17) is 0 Å². The molecule has 0 spiro atoms. The van der Waals surface area contributed by atoms with Crippen LogP contribution in [0.5, 0.6) is 0 Å². The van der Waals surface area contributed by atoms with Crippen molar-refractivity contribution in [3.05, 3.63) is 96.6 Å². The van der Waals surface area contributed by atoms with E-state index in [-0.39, 0.29) is 23.5 Å². The molecule has 9 heteroatoms. The van der Waals surface area contributed by atoms with Gasteiger partial charge in [-0.3, -0.25) is 19.1 Å². The molecule has 178 valence electrons. The highest BCUT2D eigenvalue weighted by Crippen LogP contribution is 2.23. The van der Waals surface area contributed by atoms with Gasteiger partial charge in [-0.05, 0) is 58.4 Å². The van der Waals surface area contributed by atoms with Gasteiger partial charge in [0.2, 0.25) is 0 Å². The average Bonchev–Trinajstić information content (AvgIpc) is 3.24. The van der Waals surface area contributed by atoms with Crippen LogP contribution in [-0.2, 0) is 13.6 Å². The molecule has 0 unspecified atom stereocenters. The number of hydrogen-bond acceptors (Lipinski definition) is 5. The van der Waals surface area contributed by atoms with E-state index in [0.717, 1.165) is 21.8 Å². The Labute approximate surface area is 202 Å². The first-order valence-corrected chi connectivity index (χ1v) is 11.1. The fourth-order valence-corrected chi connectivity index (χ4v) is 4.43. The Kier molecular flexibility index (Phi) is 5.91. The van der Waals surface area contributed by atoms with Crippen molar-refractivity contribution in [1.29, 1.82) is 5.26 Å². The fourth-order valence-electron chi connectivity index (χ4n) is 4.43. The number of ketones is 1. The third-order valence-electron chi connectivity index (χ3n) is 6.52. The van der Waals surface area contributed by atoms with Crippen LogP contribution in [0.4, 0.5) is 0 Å². The van der Waals surface area contributed by atoms with Gasteiger partial charge in [0.15, 0.2) is 5.78 Å². The number of nitriles is 1. The molecule has 0 N–H and O–H groups in total. The zero-order valence-corrected chi connectivity index (χ0v) is 20.6. The Hall–Kier alpha value is -4.45. The number of benzene rings is 1. The van der Waals surface area contributed by atoms with Crippen molar-refractivity contribution in [2.24, 2.45) is 7.05 Å². The van der Waals surface area contributed by atoms with Gasteiger partial charge in [0, 0.05) is 24.0 Å². The summed E-state index contributed by atoms with van der Waals surface area (Å²) in [6, 6.07) is 13.0. The van der Waals surface area contributed by atoms with Crippen LogP contribution >= 0.6 is 0 Å². The van der Waals surface area contributed by atoms with Gasteiger partial charge in [0.25, 0.3) is 11.1 Å². The molecule has 0 aliphatic heterocycles. The van der Waals surface area contributed by atoms with E-state index in [1.165, 1.54) is 0 Å². The Balaban J connectivity index is 1.81. The average molecular weight is 471 g/mol. The summed E-state index contributed by atoms with van der Waals surface area (Å²) in [5, 5.41) is 13.6. The predicted molar refractivity (Wildman–Crippen MR) is 132 cm³/mol. The van der Waals surface area contributed by atoms with E-state index in [1.807, 2.05) is 57.3 Å². The Morgan fingerprint density at radius 2 is 1.66 bits per heavy atom. The number of carbonyl (C=O) groups excluding carboxylic acids is 1. The molecule has 3 heterocycles. The van der Waals surface area contributed by atoms with Gasteiger partial charge in [0.05, 0.1) is 17.1 Å². The summed E-state index contributed by atoms with van der Waals surface area (Å²) in [5.74, 6) is -0.330. The molecule has 4 aromatic rings. The highest BCUT2D eigenvalue weighted by atomic mass is 16.1. The van der Waals surface area contributed by atoms with Crippen molar-refractivity contribution >= 4 is 5.78 Å². The number of aryl methyl sites for hydroxylation is 2. The lowest BCUT2D eigenvalue weighted by Crippen LogP contribution is -2.30. The second kappa shape index (κ2) is 8.72. The summed E-state index contributed by atoms with van der Waals surface area (Å²) in [4.78, 5) is 39.4. The maximum absolute atomic E-state index is 13.5. The number of para-hydroxylation sites is 1. The summed E-state index contributed by atoms with van der Waals surface area (Å²) >= 11 is 0. The number of carbonyl (C=O) groups is 1. The second-order valence-corrected chi connectivity index (χ2v) is 8.61. The molecule has 0 radical (unpaired) electrons. The number of Topliss-reactive ketones (excluding diaryl/α,β-unsaturated/α-hetero) is 1. The van der Waals surface area contributed by atoms with E-state index in [1.54, 1.807) is 40.8 Å². The maximum Gasteiger partial charge on any atom is 0.295 e. The monoisotopic (exact) mass is 470 g/mol. The van der Waals surface area contributed by atoms with Gasteiger partial charge in [-0.1, -0.05) is 18.2 Å². The first kappa shape index (κ1) is 23.7. The van der Waals surface area contributed by atoms with E-state index >= 15 is 0 Å². The summed E-state index contributed by atoms with van der Waals surface area (Å²) in [6.07, 6.45) is 0. The largest absolute Gasteiger partial charge is 0.311 e. The van der Waals surface area contributed by atoms with Gasteiger partial charge in [0.1, 0.15) is 23.9 Å². The van der Waals surface area contributed by atoms with Gasteiger partial charge in [-0.25, -0.2) is 9.36 Å². The van der Waals surface area contributed by atoms with Crippen molar-refractivity contribution in [2.45, 2.75) is 41.2 Å². The second-order valence-electron chi connectivity index (χ2n) is 8.61. The zero-order chi connectivity index (χ0) is 25.6.